The van der Waals surface area contributed by atoms with E-state index in [1.165, 1.54) is 57.8 Å². The lowest BCUT2D eigenvalue weighted by Crippen LogP contribution is -2.48. The zero-order valence-corrected chi connectivity index (χ0v) is 12.3. The third kappa shape index (κ3) is 3.71. The Kier molecular flexibility index (Phi) is 5.50. The van der Waals surface area contributed by atoms with Gasteiger partial charge in [0.25, 0.3) is 0 Å². The summed E-state index contributed by atoms with van der Waals surface area (Å²) < 4.78 is 6.67. The molecule has 0 aliphatic heterocycles. The van der Waals surface area contributed by atoms with Crippen LogP contribution in [0.5, 0.6) is 0 Å². The summed E-state index contributed by atoms with van der Waals surface area (Å²) in [5.74, 6) is 0.763. The van der Waals surface area contributed by atoms with Crippen molar-refractivity contribution in [1.82, 2.24) is 5.32 Å². The minimum Gasteiger partial charge on any atom is -0.370 e. The van der Waals surface area contributed by atoms with Crippen molar-refractivity contribution < 1.29 is 4.74 Å². The molecule has 2 rings (SSSR count). The van der Waals surface area contributed by atoms with Crippen LogP contribution in [0.4, 0.5) is 0 Å². The van der Waals surface area contributed by atoms with Gasteiger partial charge in [-0.25, -0.2) is 0 Å². The molecule has 0 saturated heterocycles. The van der Waals surface area contributed by atoms with Gasteiger partial charge in [-0.3, -0.25) is 0 Å². The van der Waals surface area contributed by atoms with Gasteiger partial charge in [0.1, 0.15) is 0 Å². The monoisotopic (exact) mass is 253 g/mol. The molecular formula is C16H31NO. The van der Waals surface area contributed by atoms with E-state index < -0.39 is 0 Å². The Morgan fingerprint density at radius 2 is 1.78 bits per heavy atom. The number of ether oxygens (including phenoxy) is 1. The summed E-state index contributed by atoms with van der Waals surface area (Å²) in [5.41, 5.74) is 0.157. The van der Waals surface area contributed by atoms with E-state index in [4.69, 9.17) is 4.74 Å². The molecule has 0 radical (unpaired) electrons. The van der Waals surface area contributed by atoms with Crippen LogP contribution in [-0.4, -0.2) is 24.8 Å². The largest absolute Gasteiger partial charge is 0.370 e. The van der Waals surface area contributed by atoms with Gasteiger partial charge in [0, 0.05) is 6.54 Å². The SMILES string of the molecule is CCNCC1(OC2CCCCC2C)CCCCC1. The summed E-state index contributed by atoms with van der Waals surface area (Å²) in [7, 11) is 0. The van der Waals surface area contributed by atoms with Gasteiger partial charge in [-0.05, 0) is 38.1 Å². The van der Waals surface area contributed by atoms with E-state index in [1.807, 2.05) is 0 Å². The molecule has 0 spiro atoms. The van der Waals surface area contributed by atoms with Crippen molar-refractivity contribution in [2.75, 3.05) is 13.1 Å². The van der Waals surface area contributed by atoms with Crippen molar-refractivity contribution in [3.8, 4) is 0 Å². The second-order valence-corrected chi connectivity index (χ2v) is 6.44. The van der Waals surface area contributed by atoms with Crippen LogP contribution in [0.2, 0.25) is 0 Å². The topological polar surface area (TPSA) is 21.3 Å². The van der Waals surface area contributed by atoms with Gasteiger partial charge in [-0.2, -0.15) is 0 Å². The van der Waals surface area contributed by atoms with Crippen molar-refractivity contribution in [2.45, 2.75) is 83.3 Å². The molecule has 18 heavy (non-hydrogen) atoms. The van der Waals surface area contributed by atoms with Gasteiger partial charge < -0.3 is 10.1 Å². The molecule has 2 aliphatic carbocycles. The fourth-order valence-corrected chi connectivity index (χ4v) is 3.66. The molecule has 2 heteroatoms. The molecule has 2 saturated carbocycles. The third-order valence-electron chi connectivity index (χ3n) is 4.90. The summed E-state index contributed by atoms with van der Waals surface area (Å²) in [4.78, 5) is 0. The van der Waals surface area contributed by atoms with Crippen molar-refractivity contribution in [2.24, 2.45) is 5.92 Å². The molecule has 2 unspecified atom stereocenters. The zero-order valence-electron chi connectivity index (χ0n) is 12.3. The minimum absolute atomic E-state index is 0.157. The second kappa shape index (κ2) is 6.91. The predicted octanol–water partition coefficient (Wildman–Crippen LogP) is 3.89. The maximum Gasteiger partial charge on any atom is 0.0810 e. The fraction of sp³-hybridized carbons (Fsp3) is 1.00. The van der Waals surface area contributed by atoms with Gasteiger partial charge in [0.2, 0.25) is 0 Å². The molecule has 0 aromatic rings. The number of likely N-dealkylation sites (N-methyl/N-ethyl adjacent to an activating group) is 1. The first-order chi connectivity index (χ1) is 8.76. The number of hydrogen-bond acceptors (Lipinski definition) is 2. The average Bonchev–Trinajstić information content (AvgIpc) is 2.40. The quantitative estimate of drug-likeness (QED) is 0.802. The number of hydrogen-bond donors (Lipinski definition) is 1. The Balaban J connectivity index is 1.94. The first-order valence-corrected chi connectivity index (χ1v) is 8.14. The van der Waals surface area contributed by atoms with E-state index in [1.54, 1.807) is 0 Å². The lowest BCUT2D eigenvalue weighted by atomic mass is 9.82. The Hall–Kier alpha value is -0.0800. The third-order valence-corrected chi connectivity index (χ3v) is 4.90. The lowest BCUT2D eigenvalue weighted by molar-refractivity contribution is -0.137. The maximum atomic E-state index is 6.67. The summed E-state index contributed by atoms with van der Waals surface area (Å²) >= 11 is 0. The highest BCUT2D eigenvalue weighted by molar-refractivity contribution is 4.89. The maximum absolute atomic E-state index is 6.67. The molecule has 2 nitrogen and oxygen atoms in total. The van der Waals surface area contributed by atoms with Crippen LogP contribution in [-0.2, 0) is 4.74 Å². The summed E-state index contributed by atoms with van der Waals surface area (Å²) in [6.45, 7) is 6.70. The summed E-state index contributed by atoms with van der Waals surface area (Å²) in [5, 5.41) is 3.54. The molecule has 2 aliphatic rings. The van der Waals surface area contributed by atoms with Crippen LogP contribution in [0.1, 0.15) is 71.6 Å². The van der Waals surface area contributed by atoms with Crippen LogP contribution in [0, 0.1) is 5.92 Å². The zero-order chi connectivity index (χ0) is 12.8. The smallest absolute Gasteiger partial charge is 0.0810 e. The molecular weight excluding hydrogens is 222 g/mol. The van der Waals surface area contributed by atoms with E-state index in [2.05, 4.69) is 19.2 Å². The Bertz CT molecular complexity index is 235. The average molecular weight is 253 g/mol. The summed E-state index contributed by atoms with van der Waals surface area (Å²) in [6, 6.07) is 0. The van der Waals surface area contributed by atoms with E-state index in [0.717, 1.165) is 19.0 Å². The molecule has 0 amide bonds. The van der Waals surface area contributed by atoms with Crippen molar-refractivity contribution in [3.63, 3.8) is 0 Å². The van der Waals surface area contributed by atoms with Crippen molar-refractivity contribution >= 4 is 0 Å². The van der Waals surface area contributed by atoms with Crippen LogP contribution in [0.15, 0.2) is 0 Å². The highest BCUT2D eigenvalue weighted by atomic mass is 16.5. The molecule has 1 N–H and O–H groups in total. The van der Waals surface area contributed by atoms with Gasteiger partial charge in [0.15, 0.2) is 0 Å². The Morgan fingerprint density at radius 3 is 2.44 bits per heavy atom. The first kappa shape index (κ1) is 14.3. The van der Waals surface area contributed by atoms with Gasteiger partial charge in [0.05, 0.1) is 11.7 Å². The predicted molar refractivity (Wildman–Crippen MR) is 76.9 cm³/mol. The van der Waals surface area contributed by atoms with E-state index in [0.29, 0.717) is 6.10 Å². The van der Waals surface area contributed by atoms with Crippen molar-refractivity contribution in [1.29, 1.82) is 0 Å². The van der Waals surface area contributed by atoms with Crippen LogP contribution >= 0.6 is 0 Å². The number of nitrogens with one attached hydrogen (secondary N) is 1. The van der Waals surface area contributed by atoms with Crippen molar-refractivity contribution in [3.05, 3.63) is 0 Å². The van der Waals surface area contributed by atoms with Gasteiger partial charge >= 0.3 is 0 Å². The normalized spacial score (nSPS) is 32.3. The van der Waals surface area contributed by atoms with Gasteiger partial charge in [-0.15, -0.1) is 0 Å². The van der Waals surface area contributed by atoms with Crippen LogP contribution in [0.3, 0.4) is 0 Å². The van der Waals surface area contributed by atoms with E-state index in [-0.39, 0.29) is 5.60 Å². The number of rotatable bonds is 5. The molecule has 106 valence electrons. The van der Waals surface area contributed by atoms with Crippen LogP contribution < -0.4 is 5.32 Å². The molecule has 0 heterocycles. The van der Waals surface area contributed by atoms with Gasteiger partial charge in [-0.1, -0.05) is 46.0 Å². The fourth-order valence-electron chi connectivity index (χ4n) is 3.66. The minimum atomic E-state index is 0.157. The second-order valence-electron chi connectivity index (χ2n) is 6.44. The van der Waals surface area contributed by atoms with E-state index >= 15 is 0 Å². The highest BCUT2D eigenvalue weighted by Gasteiger charge is 2.37. The molecule has 2 fully saturated rings. The molecule has 0 bridgehead atoms. The molecule has 0 aromatic carbocycles. The lowest BCUT2D eigenvalue weighted by Gasteiger charge is -2.43. The molecule has 2 atom stereocenters. The standard InChI is InChI=1S/C16H31NO/c1-3-17-13-16(11-7-4-8-12-16)18-15-10-6-5-9-14(15)2/h14-15,17H,3-13H2,1-2H3. The van der Waals surface area contributed by atoms with E-state index in [9.17, 15) is 0 Å². The first-order valence-electron chi connectivity index (χ1n) is 8.14. The Morgan fingerprint density at radius 1 is 1.06 bits per heavy atom. The summed E-state index contributed by atoms with van der Waals surface area (Å²) in [6.07, 6.45) is 12.6. The van der Waals surface area contributed by atoms with Crippen LogP contribution in [0.25, 0.3) is 0 Å². The highest BCUT2D eigenvalue weighted by Crippen LogP contribution is 2.36. The Labute approximate surface area is 113 Å². The molecule has 0 aromatic heterocycles.